The standard InChI is InChI=1S/C12H19NO.C3H8/c1-4-12(2,3)9-14-11-7-5-10(13)6-8-11;1-3-2/h5-8H,4,9,13H2,1-3H3;3H2,1-2H3. The van der Waals surface area contributed by atoms with E-state index in [1.165, 1.54) is 6.42 Å². The summed E-state index contributed by atoms with van der Waals surface area (Å²) in [4.78, 5) is 0. The van der Waals surface area contributed by atoms with Crippen molar-refractivity contribution in [2.45, 2.75) is 47.5 Å². The van der Waals surface area contributed by atoms with Crippen molar-refractivity contribution >= 4 is 5.69 Å². The Morgan fingerprint density at radius 1 is 1.06 bits per heavy atom. The maximum absolute atomic E-state index is 5.66. The molecule has 0 radical (unpaired) electrons. The van der Waals surface area contributed by atoms with Crippen molar-refractivity contribution < 1.29 is 4.74 Å². The van der Waals surface area contributed by atoms with E-state index in [1.54, 1.807) is 0 Å². The molecule has 0 bridgehead atoms. The van der Waals surface area contributed by atoms with Crippen molar-refractivity contribution in [3.8, 4) is 5.75 Å². The Morgan fingerprint density at radius 3 is 1.94 bits per heavy atom. The van der Waals surface area contributed by atoms with Crippen LogP contribution in [0.25, 0.3) is 0 Å². The molecule has 1 aromatic carbocycles. The third kappa shape index (κ3) is 7.67. The van der Waals surface area contributed by atoms with Gasteiger partial charge in [0.25, 0.3) is 0 Å². The largest absolute Gasteiger partial charge is 0.493 e. The molecule has 17 heavy (non-hydrogen) atoms. The fraction of sp³-hybridized carbons (Fsp3) is 0.600. The molecule has 0 atom stereocenters. The van der Waals surface area contributed by atoms with E-state index in [9.17, 15) is 0 Å². The summed E-state index contributed by atoms with van der Waals surface area (Å²) in [7, 11) is 0. The molecule has 1 aromatic rings. The topological polar surface area (TPSA) is 35.2 Å². The molecule has 0 aromatic heterocycles. The number of anilines is 1. The predicted octanol–water partition coefficient (Wildman–Crippen LogP) is 4.50. The van der Waals surface area contributed by atoms with Crippen LogP contribution in [0.1, 0.15) is 47.5 Å². The van der Waals surface area contributed by atoms with Gasteiger partial charge >= 0.3 is 0 Å². The van der Waals surface area contributed by atoms with E-state index in [4.69, 9.17) is 10.5 Å². The van der Waals surface area contributed by atoms with E-state index in [2.05, 4.69) is 34.6 Å². The van der Waals surface area contributed by atoms with Crippen LogP contribution in [-0.2, 0) is 0 Å². The Morgan fingerprint density at radius 2 is 1.53 bits per heavy atom. The van der Waals surface area contributed by atoms with Crippen LogP contribution in [0.5, 0.6) is 5.75 Å². The lowest BCUT2D eigenvalue weighted by Crippen LogP contribution is -2.20. The average molecular weight is 237 g/mol. The summed E-state index contributed by atoms with van der Waals surface area (Å²) in [5.41, 5.74) is 6.59. The minimum atomic E-state index is 0.237. The zero-order valence-electron chi connectivity index (χ0n) is 11.9. The molecule has 0 aliphatic heterocycles. The van der Waals surface area contributed by atoms with Crippen LogP contribution in [0.3, 0.4) is 0 Å². The van der Waals surface area contributed by atoms with Crippen molar-refractivity contribution in [1.82, 2.24) is 0 Å². The lowest BCUT2D eigenvalue weighted by atomic mass is 9.92. The fourth-order valence-electron chi connectivity index (χ4n) is 0.945. The third-order valence-corrected chi connectivity index (χ3v) is 2.47. The van der Waals surface area contributed by atoms with Gasteiger partial charge in [-0.15, -0.1) is 0 Å². The van der Waals surface area contributed by atoms with E-state index in [-0.39, 0.29) is 5.41 Å². The number of nitrogen functional groups attached to an aromatic ring is 1. The molecule has 0 saturated carbocycles. The van der Waals surface area contributed by atoms with Gasteiger partial charge in [0.2, 0.25) is 0 Å². The van der Waals surface area contributed by atoms with Crippen LogP contribution < -0.4 is 10.5 Å². The SMILES string of the molecule is CCC.CCC(C)(C)COc1ccc(N)cc1. The third-order valence-electron chi connectivity index (χ3n) is 2.47. The summed E-state index contributed by atoms with van der Waals surface area (Å²) in [6.07, 6.45) is 2.36. The number of rotatable bonds is 4. The molecule has 2 heteroatoms. The van der Waals surface area contributed by atoms with Gasteiger partial charge in [-0.2, -0.15) is 0 Å². The van der Waals surface area contributed by atoms with E-state index in [0.29, 0.717) is 0 Å². The van der Waals surface area contributed by atoms with Crippen molar-refractivity contribution in [3.63, 3.8) is 0 Å². The van der Waals surface area contributed by atoms with Gasteiger partial charge in [0, 0.05) is 5.69 Å². The van der Waals surface area contributed by atoms with Crippen molar-refractivity contribution in [3.05, 3.63) is 24.3 Å². The minimum Gasteiger partial charge on any atom is -0.493 e. The first-order chi connectivity index (χ1) is 7.95. The molecule has 2 nitrogen and oxygen atoms in total. The van der Waals surface area contributed by atoms with Crippen molar-refractivity contribution in [2.75, 3.05) is 12.3 Å². The van der Waals surface area contributed by atoms with Gasteiger partial charge < -0.3 is 10.5 Å². The molecule has 2 N–H and O–H groups in total. The summed E-state index contributed by atoms with van der Waals surface area (Å²) in [5.74, 6) is 0.890. The van der Waals surface area contributed by atoms with Gasteiger partial charge in [-0.1, -0.05) is 41.0 Å². The Balaban J connectivity index is 0.000000770. The summed E-state index contributed by atoms with van der Waals surface area (Å²) >= 11 is 0. The molecule has 0 aliphatic rings. The van der Waals surface area contributed by atoms with Gasteiger partial charge in [0.1, 0.15) is 5.75 Å². The Hall–Kier alpha value is -1.18. The number of hydrogen-bond donors (Lipinski definition) is 1. The lowest BCUT2D eigenvalue weighted by molar-refractivity contribution is 0.175. The summed E-state index contributed by atoms with van der Waals surface area (Å²) in [6, 6.07) is 7.52. The molecule has 0 spiro atoms. The zero-order chi connectivity index (χ0) is 13.3. The monoisotopic (exact) mass is 237 g/mol. The smallest absolute Gasteiger partial charge is 0.119 e. The second-order valence-electron chi connectivity index (χ2n) is 5.08. The Kier molecular flexibility index (Phi) is 7.44. The van der Waals surface area contributed by atoms with Gasteiger partial charge in [-0.25, -0.2) is 0 Å². The van der Waals surface area contributed by atoms with Crippen LogP contribution in [0.4, 0.5) is 5.69 Å². The second-order valence-corrected chi connectivity index (χ2v) is 5.08. The quantitative estimate of drug-likeness (QED) is 0.782. The highest BCUT2D eigenvalue weighted by Crippen LogP contribution is 2.22. The first-order valence-electron chi connectivity index (χ1n) is 6.43. The van der Waals surface area contributed by atoms with Crippen LogP contribution in [0.15, 0.2) is 24.3 Å². The van der Waals surface area contributed by atoms with E-state index in [0.717, 1.165) is 24.5 Å². The van der Waals surface area contributed by atoms with E-state index >= 15 is 0 Å². The maximum Gasteiger partial charge on any atom is 0.119 e. The molecule has 0 heterocycles. The van der Waals surface area contributed by atoms with Crippen LogP contribution >= 0.6 is 0 Å². The highest BCUT2D eigenvalue weighted by atomic mass is 16.5. The van der Waals surface area contributed by atoms with Crippen molar-refractivity contribution in [2.24, 2.45) is 5.41 Å². The lowest BCUT2D eigenvalue weighted by Gasteiger charge is -2.22. The van der Waals surface area contributed by atoms with Crippen molar-refractivity contribution in [1.29, 1.82) is 0 Å². The number of nitrogens with two attached hydrogens (primary N) is 1. The van der Waals surface area contributed by atoms with Crippen LogP contribution in [0.2, 0.25) is 0 Å². The van der Waals surface area contributed by atoms with Crippen LogP contribution in [-0.4, -0.2) is 6.61 Å². The predicted molar refractivity (Wildman–Crippen MR) is 76.4 cm³/mol. The molecule has 0 saturated heterocycles. The normalized spacial score (nSPS) is 10.4. The summed E-state index contributed by atoms with van der Waals surface area (Å²) in [6.45, 7) is 11.6. The Labute approximate surface area is 106 Å². The zero-order valence-corrected chi connectivity index (χ0v) is 11.9. The average Bonchev–Trinajstić information content (AvgIpc) is 2.30. The van der Waals surface area contributed by atoms with E-state index < -0.39 is 0 Å². The summed E-state index contributed by atoms with van der Waals surface area (Å²) in [5, 5.41) is 0. The van der Waals surface area contributed by atoms with Gasteiger partial charge in [0.15, 0.2) is 0 Å². The number of hydrogen-bond acceptors (Lipinski definition) is 2. The Bertz CT molecular complexity index is 290. The number of benzene rings is 1. The molecule has 1 rings (SSSR count). The van der Waals surface area contributed by atoms with Gasteiger partial charge in [-0.3, -0.25) is 0 Å². The number of ether oxygens (including phenoxy) is 1. The first kappa shape index (κ1) is 15.8. The van der Waals surface area contributed by atoms with Gasteiger partial charge in [-0.05, 0) is 36.1 Å². The molecule has 0 fully saturated rings. The van der Waals surface area contributed by atoms with Gasteiger partial charge in [0.05, 0.1) is 6.61 Å². The molecule has 0 aliphatic carbocycles. The fourth-order valence-corrected chi connectivity index (χ4v) is 0.945. The van der Waals surface area contributed by atoms with Crippen LogP contribution in [0, 0.1) is 5.41 Å². The summed E-state index contributed by atoms with van der Waals surface area (Å²) < 4.78 is 5.66. The first-order valence-corrected chi connectivity index (χ1v) is 6.43. The molecular weight excluding hydrogens is 210 g/mol. The molecule has 0 amide bonds. The molecule has 0 unspecified atom stereocenters. The maximum atomic E-state index is 5.66. The minimum absolute atomic E-state index is 0.237. The highest BCUT2D eigenvalue weighted by molar-refractivity contribution is 5.41. The second kappa shape index (κ2) is 7.99. The molecule has 98 valence electrons. The molecular formula is C15H27NO. The van der Waals surface area contributed by atoms with E-state index in [1.807, 2.05) is 24.3 Å². The highest BCUT2D eigenvalue weighted by Gasteiger charge is 2.15.